The average Bonchev–Trinajstić information content (AvgIpc) is 2.61. The molecule has 1 N–H and O–H groups in total. The maximum Gasteiger partial charge on any atom is 0.175 e. The summed E-state index contributed by atoms with van der Waals surface area (Å²) in [5.41, 5.74) is 1.12. The van der Waals surface area contributed by atoms with E-state index >= 15 is 0 Å². The number of piperazine rings is 1. The molecule has 0 radical (unpaired) electrons. The number of anilines is 1. The molecule has 0 saturated carbocycles. The first-order valence-electron chi connectivity index (χ1n) is 9.43. The molecule has 0 aromatic heterocycles. The van der Waals surface area contributed by atoms with Crippen molar-refractivity contribution in [3.63, 3.8) is 0 Å². The molecule has 6 heteroatoms. The van der Waals surface area contributed by atoms with Crippen LogP contribution in [0.15, 0.2) is 29.2 Å². The highest BCUT2D eigenvalue weighted by atomic mass is 32.2. The number of nitrogens with zero attached hydrogens (tertiary/aromatic N) is 2. The van der Waals surface area contributed by atoms with E-state index in [9.17, 15) is 8.42 Å². The number of sulfone groups is 1. The summed E-state index contributed by atoms with van der Waals surface area (Å²) in [4.78, 5) is 5.38. The topological polar surface area (TPSA) is 52.7 Å². The van der Waals surface area contributed by atoms with E-state index in [0.717, 1.165) is 31.2 Å². The van der Waals surface area contributed by atoms with Crippen molar-refractivity contribution >= 4 is 15.5 Å². The fourth-order valence-corrected chi connectivity index (χ4v) is 4.62. The van der Waals surface area contributed by atoms with Gasteiger partial charge in [-0.1, -0.05) is 0 Å². The standard InChI is InChI=1S/C19H31N3O2S/c1-16-15-22(18-3-5-19(6-4-18)25(2,23)24)14-13-21(16)12-9-17-7-10-20-11-8-17/h3-6,16-17,20H,7-15H2,1-2H3/t16-/m0/s1. The Morgan fingerprint density at radius 2 is 1.80 bits per heavy atom. The van der Waals surface area contributed by atoms with Gasteiger partial charge in [0.05, 0.1) is 4.90 Å². The van der Waals surface area contributed by atoms with Crippen molar-refractivity contribution in [1.29, 1.82) is 0 Å². The number of benzene rings is 1. The molecular weight excluding hydrogens is 334 g/mol. The number of hydrogen-bond donors (Lipinski definition) is 1. The molecule has 0 spiro atoms. The zero-order valence-corrected chi connectivity index (χ0v) is 16.3. The minimum atomic E-state index is -3.12. The van der Waals surface area contributed by atoms with Crippen LogP contribution < -0.4 is 10.2 Å². The zero-order chi connectivity index (χ0) is 17.9. The minimum absolute atomic E-state index is 0.393. The first-order chi connectivity index (χ1) is 11.9. The third kappa shape index (κ3) is 4.96. The molecule has 1 atom stereocenters. The highest BCUT2D eigenvalue weighted by Crippen LogP contribution is 2.23. The van der Waals surface area contributed by atoms with Crippen LogP contribution in [0, 0.1) is 5.92 Å². The number of hydrogen-bond acceptors (Lipinski definition) is 5. The SMILES string of the molecule is C[C@H]1CN(c2ccc(S(C)(=O)=O)cc2)CCN1CCC1CCNCC1. The van der Waals surface area contributed by atoms with E-state index in [-0.39, 0.29) is 0 Å². The fraction of sp³-hybridized carbons (Fsp3) is 0.684. The summed E-state index contributed by atoms with van der Waals surface area (Å²) >= 11 is 0. The summed E-state index contributed by atoms with van der Waals surface area (Å²) in [6.45, 7) is 8.96. The lowest BCUT2D eigenvalue weighted by Gasteiger charge is -2.41. The highest BCUT2D eigenvalue weighted by molar-refractivity contribution is 7.90. The quantitative estimate of drug-likeness (QED) is 0.865. The van der Waals surface area contributed by atoms with Crippen LogP contribution in [0.25, 0.3) is 0 Å². The molecule has 140 valence electrons. The van der Waals surface area contributed by atoms with Crippen LogP contribution in [0.5, 0.6) is 0 Å². The molecule has 0 aliphatic carbocycles. The Morgan fingerprint density at radius 1 is 1.12 bits per heavy atom. The lowest BCUT2D eigenvalue weighted by molar-refractivity contribution is 0.170. The van der Waals surface area contributed by atoms with Crippen molar-refractivity contribution in [2.75, 3.05) is 50.4 Å². The maximum absolute atomic E-state index is 11.6. The number of nitrogens with one attached hydrogen (secondary N) is 1. The number of rotatable bonds is 5. The molecule has 1 aromatic rings. The van der Waals surface area contributed by atoms with E-state index in [0.29, 0.717) is 10.9 Å². The zero-order valence-electron chi connectivity index (χ0n) is 15.4. The Kier molecular flexibility index (Phi) is 6.02. The summed E-state index contributed by atoms with van der Waals surface area (Å²) in [5, 5.41) is 3.44. The van der Waals surface area contributed by atoms with Gasteiger partial charge in [0.25, 0.3) is 0 Å². The third-order valence-electron chi connectivity index (χ3n) is 5.68. The molecule has 2 aliphatic rings. The van der Waals surface area contributed by atoms with Gasteiger partial charge in [-0.2, -0.15) is 0 Å². The largest absolute Gasteiger partial charge is 0.369 e. The van der Waals surface area contributed by atoms with Gasteiger partial charge >= 0.3 is 0 Å². The number of piperidine rings is 1. The van der Waals surface area contributed by atoms with Crippen molar-refractivity contribution in [2.24, 2.45) is 5.92 Å². The van der Waals surface area contributed by atoms with E-state index in [1.54, 1.807) is 12.1 Å². The molecule has 2 saturated heterocycles. The van der Waals surface area contributed by atoms with Crippen LogP contribution in [0.2, 0.25) is 0 Å². The smallest absolute Gasteiger partial charge is 0.175 e. The predicted molar refractivity (Wildman–Crippen MR) is 103 cm³/mol. The Morgan fingerprint density at radius 3 is 2.40 bits per heavy atom. The molecule has 0 bridgehead atoms. The van der Waals surface area contributed by atoms with Gasteiger partial charge in [0.15, 0.2) is 9.84 Å². The van der Waals surface area contributed by atoms with Gasteiger partial charge < -0.3 is 10.2 Å². The van der Waals surface area contributed by atoms with Gasteiger partial charge in [-0.15, -0.1) is 0 Å². The van der Waals surface area contributed by atoms with E-state index in [2.05, 4.69) is 22.0 Å². The molecule has 2 aliphatic heterocycles. The fourth-order valence-electron chi connectivity index (χ4n) is 3.98. The summed E-state index contributed by atoms with van der Waals surface area (Å²) in [6, 6.07) is 7.85. The first-order valence-corrected chi connectivity index (χ1v) is 11.3. The van der Waals surface area contributed by atoms with Gasteiger partial charge in [0, 0.05) is 37.6 Å². The molecule has 3 rings (SSSR count). The van der Waals surface area contributed by atoms with Crippen LogP contribution in [-0.2, 0) is 9.84 Å². The van der Waals surface area contributed by atoms with Gasteiger partial charge in [-0.3, -0.25) is 4.90 Å². The third-order valence-corrected chi connectivity index (χ3v) is 6.81. The Hall–Kier alpha value is -1.11. The van der Waals surface area contributed by atoms with Crippen LogP contribution in [0.3, 0.4) is 0 Å². The Balaban J connectivity index is 1.52. The monoisotopic (exact) mass is 365 g/mol. The second kappa shape index (κ2) is 8.06. The lowest BCUT2D eigenvalue weighted by Crippen LogP contribution is -2.52. The highest BCUT2D eigenvalue weighted by Gasteiger charge is 2.25. The molecule has 25 heavy (non-hydrogen) atoms. The van der Waals surface area contributed by atoms with Crippen molar-refractivity contribution in [2.45, 2.75) is 37.1 Å². The van der Waals surface area contributed by atoms with Gasteiger partial charge in [0.1, 0.15) is 0 Å². The van der Waals surface area contributed by atoms with E-state index < -0.39 is 9.84 Å². The summed E-state index contributed by atoms with van der Waals surface area (Å²) in [7, 11) is -3.12. The normalized spacial score (nSPS) is 23.8. The molecule has 5 nitrogen and oxygen atoms in total. The molecule has 0 unspecified atom stereocenters. The Bertz CT molecular complexity index is 654. The minimum Gasteiger partial charge on any atom is -0.369 e. The maximum atomic E-state index is 11.6. The molecule has 1 aromatic carbocycles. The van der Waals surface area contributed by atoms with Crippen molar-refractivity contribution in [3.8, 4) is 0 Å². The van der Waals surface area contributed by atoms with Crippen molar-refractivity contribution in [1.82, 2.24) is 10.2 Å². The lowest BCUT2D eigenvalue weighted by atomic mass is 9.94. The van der Waals surface area contributed by atoms with E-state index in [1.807, 2.05) is 12.1 Å². The molecule has 2 heterocycles. The van der Waals surface area contributed by atoms with Gasteiger partial charge in [-0.05, 0) is 76.0 Å². The summed E-state index contributed by atoms with van der Waals surface area (Å²) in [5.74, 6) is 0.884. The molecule has 2 fully saturated rings. The summed E-state index contributed by atoms with van der Waals surface area (Å²) in [6.07, 6.45) is 5.21. The second-order valence-electron chi connectivity index (χ2n) is 7.58. The summed E-state index contributed by atoms with van der Waals surface area (Å²) < 4.78 is 23.2. The van der Waals surface area contributed by atoms with Gasteiger partial charge in [-0.25, -0.2) is 8.42 Å². The van der Waals surface area contributed by atoms with E-state index in [4.69, 9.17) is 0 Å². The Labute approximate surface area is 152 Å². The van der Waals surface area contributed by atoms with Crippen molar-refractivity contribution in [3.05, 3.63) is 24.3 Å². The van der Waals surface area contributed by atoms with Crippen LogP contribution in [-0.4, -0.2) is 64.9 Å². The van der Waals surface area contributed by atoms with Gasteiger partial charge in [0.2, 0.25) is 0 Å². The second-order valence-corrected chi connectivity index (χ2v) is 9.59. The first kappa shape index (κ1) is 18.7. The van der Waals surface area contributed by atoms with Crippen LogP contribution >= 0.6 is 0 Å². The van der Waals surface area contributed by atoms with E-state index in [1.165, 1.54) is 45.2 Å². The van der Waals surface area contributed by atoms with Crippen LogP contribution in [0.4, 0.5) is 5.69 Å². The van der Waals surface area contributed by atoms with Crippen molar-refractivity contribution < 1.29 is 8.42 Å². The predicted octanol–water partition coefficient (Wildman–Crippen LogP) is 1.99. The molecular formula is C19H31N3O2S. The molecule has 0 amide bonds. The average molecular weight is 366 g/mol. The van der Waals surface area contributed by atoms with Crippen LogP contribution in [0.1, 0.15) is 26.2 Å².